The Kier molecular flexibility index (Phi) is 2.52. The Morgan fingerprint density at radius 2 is 2.06 bits per heavy atom. The number of nitrogens with zero attached hydrogens (tertiary/aromatic N) is 2. The minimum absolute atomic E-state index is 0.0486. The summed E-state index contributed by atoms with van der Waals surface area (Å²) in [4.78, 5) is 28.8. The number of halogens is 1. The van der Waals surface area contributed by atoms with Crippen LogP contribution in [-0.4, -0.2) is 23.2 Å². The molecule has 1 aliphatic rings. The number of aromatic nitrogens is 1. The van der Waals surface area contributed by atoms with Gasteiger partial charge in [-0.1, -0.05) is 11.6 Å². The van der Waals surface area contributed by atoms with E-state index in [1.54, 1.807) is 24.4 Å². The average molecular weight is 261 g/mol. The number of fused-ring (bicyclic) bond motifs is 1. The first kappa shape index (κ1) is 11.2. The van der Waals surface area contributed by atoms with E-state index in [1.807, 2.05) is 6.07 Å². The molecule has 4 nitrogen and oxygen atoms in total. The van der Waals surface area contributed by atoms with Crippen LogP contribution in [0.1, 0.15) is 6.42 Å². The molecule has 2 heterocycles. The molecule has 2 aromatic rings. The molecule has 1 amide bonds. The molecule has 1 aliphatic heterocycles. The van der Waals surface area contributed by atoms with E-state index in [2.05, 4.69) is 4.98 Å². The van der Waals surface area contributed by atoms with Gasteiger partial charge in [0, 0.05) is 11.6 Å². The molecule has 90 valence electrons. The highest BCUT2D eigenvalue weighted by Crippen LogP contribution is 2.35. The average Bonchev–Trinajstić information content (AvgIpc) is 2.68. The summed E-state index contributed by atoms with van der Waals surface area (Å²) in [6.45, 7) is 0.0898. The summed E-state index contributed by atoms with van der Waals surface area (Å²) >= 11 is 6.16. The zero-order chi connectivity index (χ0) is 12.7. The van der Waals surface area contributed by atoms with Gasteiger partial charge >= 0.3 is 0 Å². The third kappa shape index (κ3) is 1.66. The van der Waals surface area contributed by atoms with E-state index < -0.39 is 0 Å². The van der Waals surface area contributed by atoms with Gasteiger partial charge in [0.05, 0.1) is 29.2 Å². The highest BCUT2D eigenvalue weighted by Gasteiger charge is 2.31. The van der Waals surface area contributed by atoms with Gasteiger partial charge in [-0.3, -0.25) is 14.6 Å². The SMILES string of the molecule is O=C1CC(=O)N(c2c(Cl)ccc3ncccc23)C1. The lowest BCUT2D eigenvalue weighted by Gasteiger charge is -2.18. The fraction of sp³-hybridized carbons (Fsp3) is 0.154. The second kappa shape index (κ2) is 4.07. The number of carbonyl (C=O) groups excluding carboxylic acids is 2. The summed E-state index contributed by atoms with van der Waals surface area (Å²) in [6, 6.07) is 7.12. The zero-order valence-corrected chi connectivity index (χ0v) is 10.1. The molecule has 0 saturated carbocycles. The maximum Gasteiger partial charge on any atom is 0.234 e. The summed E-state index contributed by atoms with van der Waals surface area (Å²) in [6.07, 6.45) is 1.63. The van der Waals surface area contributed by atoms with E-state index in [0.717, 1.165) is 10.9 Å². The van der Waals surface area contributed by atoms with Gasteiger partial charge in [-0.15, -0.1) is 0 Å². The molecule has 0 spiro atoms. The van der Waals surface area contributed by atoms with Crippen LogP contribution in [0.15, 0.2) is 30.5 Å². The number of hydrogen-bond donors (Lipinski definition) is 0. The monoisotopic (exact) mass is 260 g/mol. The van der Waals surface area contributed by atoms with Crippen LogP contribution in [0.25, 0.3) is 10.9 Å². The first-order chi connectivity index (χ1) is 8.66. The Hall–Kier alpha value is -1.94. The van der Waals surface area contributed by atoms with Gasteiger partial charge in [0.25, 0.3) is 0 Å². The Bertz CT molecular complexity index is 669. The van der Waals surface area contributed by atoms with E-state index in [9.17, 15) is 9.59 Å². The minimum Gasteiger partial charge on any atom is -0.302 e. The molecule has 3 rings (SSSR count). The number of hydrogen-bond acceptors (Lipinski definition) is 3. The van der Waals surface area contributed by atoms with Crippen molar-refractivity contribution in [3.05, 3.63) is 35.5 Å². The van der Waals surface area contributed by atoms with Gasteiger partial charge in [0.2, 0.25) is 5.91 Å². The molecule has 0 unspecified atom stereocenters. The van der Waals surface area contributed by atoms with E-state index in [0.29, 0.717) is 10.7 Å². The summed E-state index contributed by atoms with van der Waals surface area (Å²) in [5, 5.41) is 1.24. The minimum atomic E-state index is -0.210. The predicted molar refractivity (Wildman–Crippen MR) is 68.7 cm³/mol. The number of anilines is 1. The van der Waals surface area contributed by atoms with Crippen LogP contribution < -0.4 is 4.90 Å². The van der Waals surface area contributed by atoms with Gasteiger partial charge in [0.1, 0.15) is 0 Å². The van der Waals surface area contributed by atoms with Crippen molar-refractivity contribution >= 4 is 39.9 Å². The molecular formula is C13H9ClN2O2. The van der Waals surface area contributed by atoms with Crippen LogP contribution in [-0.2, 0) is 9.59 Å². The fourth-order valence-corrected chi connectivity index (χ4v) is 2.44. The predicted octanol–water partition coefficient (Wildman–Crippen LogP) is 2.19. The van der Waals surface area contributed by atoms with Crippen LogP contribution in [0.3, 0.4) is 0 Å². The Labute approximate surface area is 108 Å². The van der Waals surface area contributed by atoms with Crippen molar-refractivity contribution in [3.8, 4) is 0 Å². The lowest BCUT2D eigenvalue weighted by Crippen LogP contribution is -2.25. The lowest BCUT2D eigenvalue weighted by atomic mass is 10.1. The molecule has 0 radical (unpaired) electrons. The first-order valence-corrected chi connectivity index (χ1v) is 5.90. The topological polar surface area (TPSA) is 50.3 Å². The zero-order valence-electron chi connectivity index (χ0n) is 9.39. The Morgan fingerprint density at radius 3 is 2.78 bits per heavy atom. The Morgan fingerprint density at radius 1 is 1.22 bits per heavy atom. The number of rotatable bonds is 1. The highest BCUT2D eigenvalue weighted by atomic mass is 35.5. The maximum atomic E-state index is 11.8. The normalized spacial score (nSPS) is 15.7. The number of pyridine rings is 1. The van der Waals surface area contributed by atoms with Crippen LogP contribution in [0, 0.1) is 0 Å². The molecular weight excluding hydrogens is 252 g/mol. The van der Waals surface area contributed by atoms with Crippen molar-refractivity contribution in [2.45, 2.75) is 6.42 Å². The summed E-state index contributed by atoms with van der Waals surface area (Å²) in [7, 11) is 0. The number of benzene rings is 1. The molecule has 18 heavy (non-hydrogen) atoms. The third-order valence-electron chi connectivity index (χ3n) is 2.96. The lowest BCUT2D eigenvalue weighted by molar-refractivity contribution is -0.121. The van der Waals surface area contributed by atoms with Crippen LogP contribution in [0.4, 0.5) is 5.69 Å². The second-order valence-corrected chi connectivity index (χ2v) is 4.57. The standard InChI is InChI=1S/C13H9ClN2O2/c14-10-3-4-11-9(2-1-5-15-11)13(10)16-7-8(17)6-12(16)18/h1-5H,6-7H2. The van der Waals surface area contributed by atoms with Gasteiger partial charge in [-0.25, -0.2) is 0 Å². The summed E-state index contributed by atoms with van der Waals surface area (Å²) in [5.74, 6) is -0.296. The van der Waals surface area contributed by atoms with E-state index in [4.69, 9.17) is 11.6 Å². The second-order valence-electron chi connectivity index (χ2n) is 4.16. The van der Waals surface area contributed by atoms with Crippen LogP contribution >= 0.6 is 11.6 Å². The van der Waals surface area contributed by atoms with Gasteiger partial charge in [-0.2, -0.15) is 0 Å². The summed E-state index contributed by atoms with van der Waals surface area (Å²) in [5.41, 5.74) is 1.34. The van der Waals surface area contributed by atoms with Crippen LogP contribution in [0.5, 0.6) is 0 Å². The van der Waals surface area contributed by atoms with Crippen molar-refractivity contribution in [1.82, 2.24) is 4.98 Å². The van der Waals surface area contributed by atoms with Crippen molar-refractivity contribution in [3.63, 3.8) is 0 Å². The highest BCUT2D eigenvalue weighted by molar-refractivity contribution is 6.36. The fourth-order valence-electron chi connectivity index (χ4n) is 2.17. The molecule has 1 aromatic carbocycles. The molecule has 1 saturated heterocycles. The molecule has 1 fully saturated rings. The van der Waals surface area contributed by atoms with Crippen molar-refractivity contribution < 1.29 is 9.59 Å². The van der Waals surface area contributed by atoms with E-state index in [-0.39, 0.29) is 24.7 Å². The van der Waals surface area contributed by atoms with E-state index in [1.165, 1.54) is 4.90 Å². The van der Waals surface area contributed by atoms with Gasteiger partial charge in [0.15, 0.2) is 5.78 Å². The molecule has 1 aromatic heterocycles. The summed E-state index contributed by atoms with van der Waals surface area (Å²) < 4.78 is 0. The molecule has 5 heteroatoms. The number of ketones is 1. The van der Waals surface area contributed by atoms with Gasteiger partial charge < -0.3 is 4.90 Å². The molecule has 0 aliphatic carbocycles. The number of amides is 1. The Balaban J connectivity index is 2.25. The first-order valence-electron chi connectivity index (χ1n) is 5.52. The smallest absolute Gasteiger partial charge is 0.234 e. The van der Waals surface area contributed by atoms with Crippen molar-refractivity contribution in [2.75, 3.05) is 11.4 Å². The van der Waals surface area contributed by atoms with Crippen LogP contribution in [0.2, 0.25) is 5.02 Å². The quantitative estimate of drug-likeness (QED) is 0.739. The molecule has 0 atom stereocenters. The molecule has 0 bridgehead atoms. The van der Waals surface area contributed by atoms with Crippen molar-refractivity contribution in [2.24, 2.45) is 0 Å². The number of Topliss-reactive ketones (excluding diaryl/α,β-unsaturated/α-hetero) is 1. The van der Waals surface area contributed by atoms with Crippen molar-refractivity contribution in [1.29, 1.82) is 0 Å². The maximum absolute atomic E-state index is 11.8. The largest absolute Gasteiger partial charge is 0.302 e. The molecule has 0 N–H and O–H groups in total. The third-order valence-corrected chi connectivity index (χ3v) is 3.27. The van der Waals surface area contributed by atoms with E-state index >= 15 is 0 Å². The van der Waals surface area contributed by atoms with Gasteiger partial charge in [-0.05, 0) is 24.3 Å². The number of carbonyl (C=O) groups is 2.